The molecule has 0 radical (unpaired) electrons. The third kappa shape index (κ3) is 4.16. The van der Waals surface area contributed by atoms with Gasteiger partial charge in [-0.25, -0.2) is 0 Å². The van der Waals surface area contributed by atoms with Crippen LogP contribution in [-0.4, -0.2) is 49.0 Å². The molecule has 24 heavy (non-hydrogen) atoms. The van der Waals surface area contributed by atoms with Gasteiger partial charge in [0.25, 0.3) is 5.91 Å². The number of aryl methyl sites for hydroxylation is 1. The minimum Gasteiger partial charge on any atom is -0.497 e. The average Bonchev–Trinajstić information content (AvgIpc) is 2.90. The number of hydrogen-bond acceptors (Lipinski definition) is 4. The summed E-state index contributed by atoms with van der Waals surface area (Å²) in [7, 11) is 1.69. The summed E-state index contributed by atoms with van der Waals surface area (Å²) in [6, 6.07) is 12.2. The van der Waals surface area contributed by atoms with E-state index in [1.165, 1.54) is 10.4 Å². The second-order valence-electron chi connectivity index (χ2n) is 6.18. The number of thiophene rings is 1. The Balaban J connectivity index is 1.57. The standard InChI is InChI=1S/C19H24N2O2S/c1-15-4-9-18(24-15)19(22)21-11-3-10-20(12-13-21)14-16-5-7-17(23-2)8-6-16/h4-9H,3,10-14H2,1-2H3. The summed E-state index contributed by atoms with van der Waals surface area (Å²) in [5.41, 5.74) is 1.28. The lowest BCUT2D eigenvalue weighted by molar-refractivity contribution is 0.0766. The zero-order valence-corrected chi connectivity index (χ0v) is 15.1. The number of carbonyl (C=O) groups excluding carboxylic acids is 1. The van der Waals surface area contributed by atoms with Crippen molar-refractivity contribution in [1.29, 1.82) is 0 Å². The number of rotatable bonds is 4. The lowest BCUT2D eigenvalue weighted by Crippen LogP contribution is -2.34. The molecule has 0 spiro atoms. The van der Waals surface area contributed by atoms with Gasteiger partial charge in [0, 0.05) is 37.6 Å². The molecule has 1 saturated heterocycles. The van der Waals surface area contributed by atoms with E-state index < -0.39 is 0 Å². The van der Waals surface area contributed by atoms with Gasteiger partial charge in [0.05, 0.1) is 12.0 Å². The first-order valence-electron chi connectivity index (χ1n) is 8.37. The van der Waals surface area contributed by atoms with Gasteiger partial charge in [-0.3, -0.25) is 9.69 Å². The smallest absolute Gasteiger partial charge is 0.263 e. The number of methoxy groups -OCH3 is 1. The second kappa shape index (κ2) is 7.81. The third-order valence-corrected chi connectivity index (χ3v) is 5.38. The first kappa shape index (κ1) is 17.0. The van der Waals surface area contributed by atoms with Gasteiger partial charge >= 0.3 is 0 Å². The van der Waals surface area contributed by atoms with Gasteiger partial charge in [-0.1, -0.05) is 12.1 Å². The minimum atomic E-state index is 0.180. The molecule has 1 aromatic heterocycles. The molecule has 0 saturated carbocycles. The predicted molar refractivity (Wildman–Crippen MR) is 97.8 cm³/mol. The van der Waals surface area contributed by atoms with Crippen LogP contribution in [0.4, 0.5) is 0 Å². The number of hydrogen-bond donors (Lipinski definition) is 0. The topological polar surface area (TPSA) is 32.8 Å². The Morgan fingerprint density at radius 2 is 1.88 bits per heavy atom. The normalized spacial score (nSPS) is 16.0. The van der Waals surface area contributed by atoms with Crippen molar-refractivity contribution in [2.24, 2.45) is 0 Å². The Kier molecular flexibility index (Phi) is 5.53. The Labute approximate surface area is 147 Å². The van der Waals surface area contributed by atoms with Crippen molar-refractivity contribution in [2.45, 2.75) is 19.9 Å². The highest BCUT2D eigenvalue weighted by atomic mass is 32.1. The fourth-order valence-electron chi connectivity index (χ4n) is 3.03. The monoisotopic (exact) mass is 344 g/mol. The van der Waals surface area contributed by atoms with Crippen LogP contribution in [0.1, 0.15) is 26.5 Å². The highest BCUT2D eigenvalue weighted by Crippen LogP contribution is 2.19. The molecular formula is C19H24N2O2S. The summed E-state index contributed by atoms with van der Waals surface area (Å²) in [6.45, 7) is 6.55. The Bertz CT molecular complexity index is 681. The molecule has 1 aliphatic heterocycles. The number of benzene rings is 1. The highest BCUT2D eigenvalue weighted by molar-refractivity contribution is 7.13. The summed E-state index contributed by atoms with van der Waals surface area (Å²) in [6.07, 6.45) is 1.02. The fraction of sp³-hybridized carbons (Fsp3) is 0.421. The number of ether oxygens (including phenoxy) is 1. The Morgan fingerprint density at radius 1 is 1.08 bits per heavy atom. The molecule has 0 aliphatic carbocycles. The van der Waals surface area contributed by atoms with Crippen molar-refractivity contribution in [3.05, 3.63) is 51.7 Å². The second-order valence-corrected chi connectivity index (χ2v) is 7.47. The van der Waals surface area contributed by atoms with E-state index in [9.17, 15) is 4.79 Å². The van der Waals surface area contributed by atoms with E-state index in [0.717, 1.165) is 49.8 Å². The van der Waals surface area contributed by atoms with E-state index in [1.54, 1.807) is 18.4 Å². The summed E-state index contributed by atoms with van der Waals surface area (Å²) in [5, 5.41) is 0. The van der Waals surface area contributed by atoms with E-state index in [0.29, 0.717) is 0 Å². The SMILES string of the molecule is COc1ccc(CN2CCCN(C(=O)c3ccc(C)s3)CC2)cc1. The van der Waals surface area contributed by atoms with Gasteiger partial charge in [0.1, 0.15) is 5.75 Å². The van der Waals surface area contributed by atoms with Crippen molar-refractivity contribution >= 4 is 17.2 Å². The summed E-state index contributed by atoms with van der Waals surface area (Å²) in [5.74, 6) is 1.07. The Hall–Kier alpha value is -1.85. The molecule has 5 heteroatoms. The van der Waals surface area contributed by atoms with E-state index in [4.69, 9.17) is 4.74 Å². The zero-order valence-electron chi connectivity index (χ0n) is 14.3. The average molecular weight is 344 g/mol. The van der Waals surface area contributed by atoms with Gasteiger partial charge in [0.15, 0.2) is 0 Å². The van der Waals surface area contributed by atoms with Crippen LogP contribution >= 0.6 is 11.3 Å². The van der Waals surface area contributed by atoms with Crippen LogP contribution in [0.25, 0.3) is 0 Å². The molecule has 0 unspecified atom stereocenters. The van der Waals surface area contributed by atoms with E-state index >= 15 is 0 Å². The number of nitrogens with zero attached hydrogens (tertiary/aromatic N) is 2. The van der Waals surface area contributed by atoms with Crippen molar-refractivity contribution in [3.63, 3.8) is 0 Å². The molecule has 1 aromatic carbocycles. The van der Waals surface area contributed by atoms with Gasteiger partial charge in [0.2, 0.25) is 0 Å². The largest absolute Gasteiger partial charge is 0.497 e. The van der Waals surface area contributed by atoms with E-state index in [2.05, 4.69) is 17.0 Å². The molecule has 4 nitrogen and oxygen atoms in total. The van der Waals surface area contributed by atoms with Gasteiger partial charge < -0.3 is 9.64 Å². The molecule has 0 N–H and O–H groups in total. The molecular weight excluding hydrogens is 320 g/mol. The molecule has 1 fully saturated rings. The van der Waals surface area contributed by atoms with Crippen molar-refractivity contribution < 1.29 is 9.53 Å². The summed E-state index contributed by atoms with van der Waals surface area (Å²) in [4.78, 5) is 19.1. The maximum atomic E-state index is 12.6. The van der Waals surface area contributed by atoms with E-state index in [1.807, 2.05) is 36.1 Å². The Morgan fingerprint density at radius 3 is 2.54 bits per heavy atom. The third-order valence-electron chi connectivity index (χ3n) is 4.39. The molecule has 2 aromatic rings. The zero-order chi connectivity index (χ0) is 16.9. The van der Waals surface area contributed by atoms with Crippen LogP contribution in [0.5, 0.6) is 5.75 Å². The van der Waals surface area contributed by atoms with Crippen molar-refractivity contribution in [3.8, 4) is 5.75 Å². The van der Waals surface area contributed by atoms with E-state index in [-0.39, 0.29) is 5.91 Å². The minimum absolute atomic E-state index is 0.180. The first-order chi connectivity index (χ1) is 11.7. The van der Waals surface area contributed by atoms with Crippen LogP contribution < -0.4 is 4.74 Å². The lowest BCUT2D eigenvalue weighted by atomic mass is 10.2. The lowest BCUT2D eigenvalue weighted by Gasteiger charge is -2.21. The molecule has 0 bridgehead atoms. The number of carbonyl (C=O) groups is 1. The quantitative estimate of drug-likeness (QED) is 0.852. The highest BCUT2D eigenvalue weighted by Gasteiger charge is 2.21. The molecule has 1 aliphatic rings. The van der Waals surface area contributed by atoms with Crippen molar-refractivity contribution in [2.75, 3.05) is 33.3 Å². The van der Waals surface area contributed by atoms with Crippen LogP contribution in [0, 0.1) is 6.92 Å². The molecule has 1 amide bonds. The van der Waals surface area contributed by atoms with Crippen LogP contribution in [-0.2, 0) is 6.54 Å². The summed E-state index contributed by atoms with van der Waals surface area (Å²) >= 11 is 1.59. The first-order valence-corrected chi connectivity index (χ1v) is 9.18. The van der Waals surface area contributed by atoms with Crippen LogP contribution in [0.15, 0.2) is 36.4 Å². The molecule has 128 valence electrons. The van der Waals surface area contributed by atoms with Crippen LogP contribution in [0.3, 0.4) is 0 Å². The molecule has 0 atom stereocenters. The number of amides is 1. The van der Waals surface area contributed by atoms with Crippen molar-refractivity contribution in [1.82, 2.24) is 9.80 Å². The van der Waals surface area contributed by atoms with Gasteiger partial charge in [-0.05, 0) is 43.2 Å². The van der Waals surface area contributed by atoms with Gasteiger partial charge in [-0.2, -0.15) is 0 Å². The maximum absolute atomic E-state index is 12.6. The maximum Gasteiger partial charge on any atom is 0.263 e. The molecule has 3 rings (SSSR count). The summed E-state index contributed by atoms with van der Waals surface area (Å²) < 4.78 is 5.21. The fourth-order valence-corrected chi connectivity index (χ4v) is 3.86. The molecule has 2 heterocycles. The van der Waals surface area contributed by atoms with Gasteiger partial charge in [-0.15, -0.1) is 11.3 Å². The van der Waals surface area contributed by atoms with Crippen LogP contribution in [0.2, 0.25) is 0 Å². The predicted octanol–water partition coefficient (Wildman–Crippen LogP) is 3.41.